The van der Waals surface area contributed by atoms with Crippen LogP contribution >= 0.6 is 0 Å². The van der Waals surface area contributed by atoms with E-state index in [1.165, 1.54) is 13.8 Å². The summed E-state index contributed by atoms with van der Waals surface area (Å²) in [5.41, 5.74) is -3.55. The molecule has 4 heterocycles. The largest absolute Gasteiger partial charge is 0.459 e. The molecule has 7 aliphatic rings. The van der Waals surface area contributed by atoms with Crippen LogP contribution < -0.4 is 0 Å². The number of esters is 2. The van der Waals surface area contributed by atoms with Crippen LogP contribution in [0.3, 0.4) is 0 Å². The fraction of sp³-hybridized carbons (Fsp3) is 0.933. The lowest BCUT2D eigenvalue weighted by Gasteiger charge is -2.54. The van der Waals surface area contributed by atoms with Crippen molar-refractivity contribution >= 4 is 11.9 Å². The molecule has 3 saturated carbocycles. The first-order valence-electron chi connectivity index (χ1n) is 15.0. The van der Waals surface area contributed by atoms with Gasteiger partial charge in [0.2, 0.25) is 0 Å². The maximum Gasteiger partial charge on any atom is 0.347 e. The second kappa shape index (κ2) is 8.43. The average Bonchev–Trinajstić information content (AvgIpc) is 3.74. The molecule has 230 valence electrons. The number of fused-ring (bicyclic) bond motifs is 9. The molecule has 11 nitrogen and oxygen atoms in total. The van der Waals surface area contributed by atoms with E-state index in [9.17, 15) is 14.7 Å². The van der Waals surface area contributed by atoms with Gasteiger partial charge in [0.15, 0.2) is 17.7 Å². The van der Waals surface area contributed by atoms with E-state index >= 15 is 0 Å². The Morgan fingerprint density at radius 2 is 1.68 bits per heavy atom. The molecule has 1 N–H and O–H groups in total. The molecule has 4 aliphatic heterocycles. The van der Waals surface area contributed by atoms with Crippen molar-refractivity contribution in [2.75, 3.05) is 19.8 Å². The summed E-state index contributed by atoms with van der Waals surface area (Å²) in [6.45, 7) is 16.2. The van der Waals surface area contributed by atoms with Gasteiger partial charge < -0.3 is 43.0 Å². The lowest BCUT2D eigenvalue weighted by molar-refractivity contribution is -0.319. The van der Waals surface area contributed by atoms with Crippen molar-refractivity contribution < 1.29 is 52.6 Å². The maximum atomic E-state index is 13.4. The van der Waals surface area contributed by atoms with Crippen molar-refractivity contribution in [3.63, 3.8) is 0 Å². The minimum Gasteiger partial charge on any atom is -0.459 e. The second-order valence-corrected chi connectivity index (χ2v) is 14.8. The Hall–Kier alpha value is -1.34. The lowest BCUT2D eigenvalue weighted by Crippen LogP contribution is -2.66. The van der Waals surface area contributed by atoms with Crippen molar-refractivity contribution in [3.8, 4) is 0 Å². The van der Waals surface area contributed by atoms with Crippen LogP contribution in [-0.4, -0.2) is 96.3 Å². The molecule has 0 amide bonds. The van der Waals surface area contributed by atoms with Crippen LogP contribution in [-0.2, 0) is 47.5 Å². The number of epoxide rings is 2. The van der Waals surface area contributed by atoms with Crippen LogP contribution in [0.2, 0.25) is 0 Å². The molecule has 0 aromatic carbocycles. The summed E-state index contributed by atoms with van der Waals surface area (Å²) in [4.78, 5) is 25.0. The van der Waals surface area contributed by atoms with E-state index in [0.717, 1.165) is 0 Å². The van der Waals surface area contributed by atoms with Crippen LogP contribution in [0.1, 0.15) is 68.2 Å². The van der Waals surface area contributed by atoms with Crippen molar-refractivity contribution in [1.82, 2.24) is 0 Å². The van der Waals surface area contributed by atoms with E-state index < -0.39 is 69.6 Å². The van der Waals surface area contributed by atoms with Gasteiger partial charge in [0, 0.05) is 36.5 Å². The van der Waals surface area contributed by atoms with Gasteiger partial charge in [0.1, 0.15) is 23.4 Å². The van der Waals surface area contributed by atoms with Crippen molar-refractivity contribution in [1.29, 1.82) is 0 Å². The molecule has 0 unspecified atom stereocenters. The number of ether oxygens (including phenoxy) is 8. The Balaban J connectivity index is 1.31. The summed E-state index contributed by atoms with van der Waals surface area (Å²) in [7, 11) is 0. The van der Waals surface area contributed by atoms with Gasteiger partial charge in [-0.2, -0.15) is 0 Å². The summed E-state index contributed by atoms with van der Waals surface area (Å²) in [6, 6.07) is 0. The maximum absolute atomic E-state index is 13.4. The monoisotopic (exact) mass is 580 g/mol. The zero-order chi connectivity index (χ0) is 29.5. The van der Waals surface area contributed by atoms with Crippen LogP contribution in [0, 0.1) is 28.6 Å². The third-order valence-electron chi connectivity index (χ3n) is 11.5. The van der Waals surface area contributed by atoms with Crippen LogP contribution in [0.25, 0.3) is 0 Å². The highest BCUT2D eigenvalue weighted by molar-refractivity contribution is 5.78. The van der Waals surface area contributed by atoms with E-state index in [4.69, 9.17) is 37.9 Å². The van der Waals surface area contributed by atoms with Gasteiger partial charge in [-0.05, 0) is 39.5 Å². The van der Waals surface area contributed by atoms with E-state index in [1.807, 2.05) is 20.8 Å². The minimum atomic E-state index is -1.39. The summed E-state index contributed by atoms with van der Waals surface area (Å²) in [5.74, 6) is -3.88. The van der Waals surface area contributed by atoms with Gasteiger partial charge in [0.25, 0.3) is 0 Å². The van der Waals surface area contributed by atoms with E-state index in [0.29, 0.717) is 32.7 Å². The quantitative estimate of drug-likeness (QED) is 0.378. The summed E-state index contributed by atoms with van der Waals surface area (Å²) in [6.07, 6.45) is -1.83. The molecular weight excluding hydrogens is 536 g/mol. The summed E-state index contributed by atoms with van der Waals surface area (Å²) < 4.78 is 49.1. The molecule has 3 aliphatic carbocycles. The highest BCUT2D eigenvalue weighted by Crippen LogP contribution is 2.80. The smallest absolute Gasteiger partial charge is 0.347 e. The summed E-state index contributed by atoms with van der Waals surface area (Å²) >= 11 is 0. The molecule has 41 heavy (non-hydrogen) atoms. The first-order valence-corrected chi connectivity index (χ1v) is 15.0. The third kappa shape index (κ3) is 3.63. The average molecular weight is 581 g/mol. The van der Waals surface area contributed by atoms with Gasteiger partial charge in [-0.15, -0.1) is 0 Å². The van der Waals surface area contributed by atoms with Crippen LogP contribution in [0.4, 0.5) is 0 Å². The Bertz CT molecular complexity index is 1150. The van der Waals surface area contributed by atoms with Crippen molar-refractivity contribution in [2.24, 2.45) is 28.6 Å². The minimum absolute atomic E-state index is 0.196. The molecule has 0 aromatic rings. The third-order valence-corrected chi connectivity index (χ3v) is 11.5. The zero-order valence-electron chi connectivity index (χ0n) is 25.3. The molecule has 11 heteroatoms. The topological polar surface area (TPSA) is 135 Å². The number of carbonyl (C=O) groups is 2. The fourth-order valence-corrected chi connectivity index (χ4v) is 10.1. The molecule has 12 atom stereocenters. The second-order valence-electron chi connectivity index (χ2n) is 14.8. The van der Waals surface area contributed by atoms with Crippen LogP contribution in [0.15, 0.2) is 0 Å². The number of hydrogen-bond acceptors (Lipinski definition) is 11. The Morgan fingerprint density at radius 1 is 1.00 bits per heavy atom. The predicted octanol–water partition coefficient (Wildman–Crippen LogP) is 2.10. The van der Waals surface area contributed by atoms with E-state index in [1.54, 1.807) is 0 Å². The normalized spacial score (nSPS) is 51.6. The number of rotatable bonds is 5. The van der Waals surface area contributed by atoms with Crippen LogP contribution in [0.5, 0.6) is 0 Å². The Labute approximate surface area is 240 Å². The molecule has 0 radical (unpaired) electrons. The van der Waals surface area contributed by atoms with Gasteiger partial charge in [-0.25, -0.2) is 4.79 Å². The molecular formula is C30H44O11. The lowest BCUT2D eigenvalue weighted by atomic mass is 9.55. The fourth-order valence-electron chi connectivity index (χ4n) is 10.1. The van der Waals surface area contributed by atoms with Gasteiger partial charge >= 0.3 is 11.9 Å². The molecule has 0 aromatic heterocycles. The van der Waals surface area contributed by atoms with E-state index in [2.05, 4.69) is 20.8 Å². The number of aliphatic hydroxyl groups is 1. The van der Waals surface area contributed by atoms with Gasteiger partial charge in [-0.3, -0.25) is 4.79 Å². The Morgan fingerprint density at radius 3 is 2.34 bits per heavy atom. The predicted molar refractivity (Wildman–Crippen MR) is 139 cm³/mol. The van der Waals surface area contributed by atoms with E-state index in [-0.39, 0.29) is 30.3 Å². The van der Waals surface area contributed by atoms with Crippen molar-refractivity contribution in [2.45, 2.75) is 128 Å². The SMILES string of the molecule is CC(=O)O[C@@H](C)C(=O)O[C@H]1[C@H]2CC(C)(C)[C@]3(O[C@@H]3CC3(C)OCCO3)[C@@]2(O)[C@H]2[C@@H]3COC(C)(C)O[C@H]3[C@H]3O[C@H]3[C@@]12C. The molecule has 7 fully saturated rings. The van der Waals surface area contributed by atoms with Gasteiger partial charge in [-0.1, -0.05) is 20.8 Å². The standard InChI is InChI=1S/C30H44O11/c1-14(37-15(2)31)24(32)39-22-17-11-25(3,4)30(18(40-30)12-27(7)34-9-10-35-27)29(17,33)21-16-13-36-26(5,6)41-19(16)20-23(38-20)28(21,22)8/h14,16-23,33H,9-13H2,1-8H3/t14-,16+,17+,18+,19+,20+,21-,22-,23+,28+,29-,30-/m0/s1. The first kappa shape index (κ1) is 28.4. The highest BCUT2D eigenvalue weighted by atomic mass is 16.7. The molecule has 4 saturated heterocycles. The van der Waals surface area contributed by atoms with Gasteiger partial charge in [0.05, 0.1) is 38.1 Å². The first-order chi connectivity index (χ1) is 19.0. The molecule has 1 spiro atoms. The molecule has 7 rings (SSSR count). The Kier molecular flexibility index (Phi) is 5.84. The highest BCUT2D eigenvalue weighted by Gasteiger charge is 2.92. The molecule has 0 bridgehead atoms. The number of carbonyl (C=O) groups excluding carboxylic acids is 2. The number of hydrogen-bond donors (Lipinski definition) is 1. The van der Waals surface area contributed by atoms with Crippen molar-refractivity contribution in [3.05, 3.63) is 0 Å². The zero-order valence-corrected chi connectivity index (χ0v) is 25.3. The summed E-state index contributed by atoms with van der Waals surface area (Å²) in [5, 5.41) is 13.4.